The molecule has 0 aromatic carbocycles. The molecule has 0 aliphatic carbocycles. The summed E-state index contributed by atoms with van der Waals surface area (Å²) in [5.41, 5.74) is 1.17. The molecule has 1 aromatic rings. The van der Waals surface area contributed by atoms with Crippen LogP contribution in [-0.4, -0.2) is 58.1 Å². The highest BCUT2D eigenvalue weighted by molar-refractivity contribution is 5.94. The Morgan fingerprint density at radius 1 is 1.36 bits per heavy atom. The zero-order chi connectivity index (χ0) is 18.0. The van der Waals surface area contributed by atoms with Crippen LogP contribution in [0.3, 0.4) is 0 Å². The Hall–Kier alpha value is -2.11. The van der Waals surface area contributed by atoms with Crippen LogP contribution in [0.2, 0.25) is 0 Å². The van der Waals surface area contributed by atoms with E-state index in [4.69, 9.17) is 4.74 Å². The van der Waals surface area contributed by atoms with Gasteiger partial charge in [-0.2, -0.15) is 0 Å². The fourth-order valence-electron chi connectivity index (χ4n) is 3.79. The first kappa shape index (κ1) is 17.7. The summed E-state index contributed by atoms with van der Waals surface area (Å²) in [7, 11) is 0. The summed E-state index contributed by atoms with van der Waals surface area (Å²) < 4.78 is 5.76. The molecule has 0 radical (unpaired) electrons. The quantitative estimate of drug-likeness (QED) is 0.841. The number of ether oxygens (including phenoxy) is 1. The zero-order valence-corrected chi connectivity index (χ0v) is 15.3. The molecule has 6 heteroatoms. The van der Waals surface area contributed by atoms with Gasteiger partial charge in [0, 0.05) is 44.4 Å². The van der Waals surface area contributed by atoms with Gasteiger partial charge in [-0.25, -0.2) is 4.79 Å². The molecule has 0 bridgehead atoms. The molecule has 3 heterocycles. The number of likely N-dealkylation sites (tertiary alicyclic amines) is 1. The van der Waals surface area contributed by atoms with Crippen LogP contribution < -0.4 is 0 Å². The summed E-state index contributed by atoms with van der Waals surface area (Å²) in [6.45, 7) is 7.98. The molecule has 3 rings (SSSR count). The maximum Gasteiger partial charge on any atom is 0.410 e. The van der Waals surface area contributed by atoms with Crippen molar-refractivity contribution in [2.45, 2.75) is 58.1 Å². The Labute approximate surface area is 149 Å². The van der Waals surface area contributed by atoms with Crippen LogP contribution in [0.4, 0.5) is 4.79 Å². The predicted octanol–water partition coefficient (Wildman–Crippen LogP) is 3.01. The van der Waals surface area contributed by atoms with E-state index >= 15 is 0 Å². The molecule has 0 unspecified atom stereocenters. The second-order valence-corrected chi connectivity index (χ2v) is 7.36. The van der Waals surface area contributed by atoms with Crippen molar-refractivity contribution < 1.29 is 14.3 Å². The monoisotopic (exact) mass is 345 g/mol. The number of aryl methyl sites for hydroxylation is 1. The largest absolute Gasteiger partial charge is 0.441 e. The van der Waals surface area contributed by atoms with E-state index in [1.54, 1.807) is 12.4 Å². The standard InChI is InChI=1S/C19H27N3O3/c1-4-5-15(3)22-13-19(25-18(22)24)6-8-21(9-7-19)17(23)16-10-14(2)11-20-12-16/h10-12,15H,4-9,13H2,1-3H3/t15-/m0/s1. The second kappa shape index (κ2) is 7.02. The molecule has 2 saturated heterocycles. The number of carbonyl (C=O) groups is 2. The molecule has 6 nitrogen and oxygen atoms in total. The zero-order valence-electron chi connectivity index (χ0n) is 15.3. The van der Waals surface area contributed by atoms with Crippen molar-refractivity contribution in [1.29, 1.82) is 0 Å². The number of pyridine rings is 1. The van der Waals surface area contributed by atoms with Crippen molar-refractivity contribution in [2.75, 3.05) is 19.6 Å². The SMILES string of the molecule is CCC[C@H](C)N1CC2(CCN(C(=O)c3cncc(C)c3)CC2)OC1=O. The van der Waals surface area contributed by atoms with Crippen molar-refractivity contribution in [2.24, 2.45) is 0 Å². The lowest BCUT2D eigenvalue weighted by Gasteiger charge is -2.37. The number of carbonyl (C=O) groups excluding carboxylic acids is 2. The number of piperidine rings is 1. The molecule has 1 spiro atoms. The van der Waals surface area contributed by atoms with Crippen molar-refractivity contribution in [3.05, 3.63) is 29.6 Å². The van der Waals surface area contributed by atoms with Gasteiger partial charge in [0.2, 0.25) is 0 Å². The molecule has 0 saturated carbocycles. The first-order chi connectivity index (χ1) is 11.9. The molecular formula is C19H27N3O3. The van der Waals surface area contributed by atoms with Crippen LogP contribution in [0.15, 0.2) is 18.5 Å². The second-order valence-electron chi connectivity index (χ2n) is 7.36. The molecule has 2 amide bonds. The van der Waals surface area contributed by atoms with Crippen molar-refractivity contribution in [3.63, 3.8) is 0 Å². The van der Waals surface area contributed by atoms with Crippen LogP contribution in [-0.2, 0) is 4.74 Å². The average Bonchev–Trinajstić information content (AvgIpc) is 2.91. The molecule has 136 valence electrons. The van der Waals surface area contributed by atoms with E-state index in [9.17, 15) is 9.59 Å². The fourth-order valence-corrected chi connectivity index (χ4v) is 3.79. The van der Waals surface area contributed by atoms with Crippen LogP contribution in [0.5, 0.6) is 0 Å². The first-order valence-corrected chi connectivity index (χ1v) is 9.15. The Kier molecular flexibility index (Phi) is 4.97. The summed E-state index contributed by atoms with van der Waals surface area (Å²) in [5, 5.41) is 0. The van der Waals surface area contributed by atoms with E-state index in [0.717, 1.165) is 18.4 Å². The summed E-state index contributed by atoms with van der Waals surface area (Å²) in [5.74, 6) is 0.00609. The van der Waals surface area contributed by atoms with Gasteiger partial charge in [0.1, 0.15) is 5.60 Å². The first-order valence-electron chi connectivity index (χ1n) is 9.15. The summed E-state index contributed by atoms with van der Waals surface area (Å²) in [4.78, 5) is 32.7. The molecular weight excluding hydrogens is 318 g/mol. The Morgan fingerprint density at radius 2 is 2.08 bits per heavy atom. The number of hydrogen-bond donors (Lipinski definition) is 0. The van der Waals surface area contributed by atoms with Gasteiger partial charge in [-0.3, -0.25) is 9.78 Å². The van der Waals surface area contributed by atoms with Gasteiger partial charge in [-0.1, -0.05) is 13.3 Å². The smallest absolute Gasteiger partial charge is 0.410 e. The van der Waals surface area contributed by atoms with Gasteiger partial charge < -0.3 is 14.5 Å². The maximum absolute atomic E-state index is 12.6. The van der Waals surface area contributed by atoms with Crippen LogP contribution in [0.25, 0.3) is 0 Å². The van der Waals surface area contributed by atoms with Crippen molar-refractivity contribution in [3.8, 4) is 0 Å². The summed E-state index contributed by atoms with van der Waals surface area (Å²) in [6, 6.07) is 2.07. The lowest BCUT2D eigenvalue weighted by atomic mass is 9.90. The molecule has 0 N–H and O–H groups in total. The average molecular weight is 345 g/mol. The van der Waals surface area contributed by atoms with Gasteiger partial charge in [0.05, 0.1) is 12.1 Å². The number of nitrogens with zero attached hydrogens (tertiary/aromatic N) is 3. The minimum atomic E-state index is -0.430. The third-order valence-electron chi connectivity index (χ3n) is 5.32. The van der Waals surface area contributed by atoms with Crippen LogP contribution in [0, 0.1) is 6.92 Å². The normalized spacial score (nSPS) is 20.7. The molecule has 2 aliphatic rings. The van der Waals surface area contributed by atoms with Crippen molar-refractivity contribution in [1.82, 2.24) is 14.8 Å². The van der Waals surface area contributed by atoms with Crippen LogP contribution in [0.1, 0.15) is 55.5 Å². The van der Waals surface area contributed by atoms with E-state index in [0.29, 0.717) is 38.0 Å². The molecule has 1 aromatic heterocycles. The fraction of sp³-hybridized carbons (Fsp3) is 0.632. The van der Waals surface area contributed by atoms with Gasteiger partial charge in [-0.05, 0) is 31.9 Å². The Bertz CT molecular complexity index is 653. The topological polar surface area (TPSA) is 62.7 Å². The lowest BCUT2D eigenvalue weighted by molar-refractivity contribution is 0.00305. The third-order valence-corrected chi connectivity index (χ3v) is 5.32. The Balaban J connectivity index is 1.62. The highest BCUT2D eigenvalue weighted by atomic mass is 16.6. The number of amides is 2. The molecule has 2 fully saturated rings. The lowest BCUT2D eigenvalue weighted by Crippen LogP contribution is -2.49. The van der Waals surface area contributed by atoms with E-state index in [-0.39, 0.29) is 18.0 Å². The van der Waals surface area contributed by atoms with Crippen molar-refractivity contribution >= 4 is 12.0 Å². The summed E-state index contributed by atoms with van der Waals surface area (Å²) >= 11 is 0. The molecule has 25 heavy (non-hydrogen) atoms. The Morgan fingerprint density at radius 3 is 2.72 bits per heavy atom. The van der Waals surface area contributed by atoms with Gasteiger partial charge in [-0.15, -0.1) is 0 Å². The minimum Gasteiger partial charge on any atom is -0.441 e. The van der Waals surface area contributed by atoms with Crippen LogP contribution >= 0.6 is 0 Å². The van der Waals surface area contributed by atoms with E-state index in [1.165, 1.54) is 0 Å². The van der Waals surface area contributed by atoms with Gasteiger partial charge >= 0.3 is 6.09 Å². The van der Waals surface area contributed by atoms with E-state index in [1.807, 2.05) is 22.8 Å². The maximum atomic E-state index is 12.6. The molecule has 1 atom stereocenters. The van der Waals surface area contributed by atoms with E-state index in [2.05, 4.69) is 18.8 Å². The number of hydrogen-bond acceptors (Lipinski definition) is 4. The van der Waals surface area contributed by atoms with E-state index < -0.39 is 5.60 Å². The minimum absolute atomic E-state index is 0.00609. The van der Waals surface area contributed by atoms with Gasteiger partial charge in [0.25, 0.3) is 5.91 Å². The predicted molar refractivity (Wildman–Crippen MR) is 94.4 cm³/mol. The number of aromatic nitrogens is 1. The highest BCUT2D eigenvalue weighted by Gasteiger charge is 2.48. The number of rotatable bonds is 4. The van der Waals surface area contributed by atoms with Gasteiger partial charge in [0.15, 0.2) is 0 Å². The summed E-state index contributed by atoms with van der Waals surface area (Å²) in [6.07, 6.45) is 6.57. The highest BCUT2D eigenvalue weighted by Crippen LogP contribution is 2.35. The third kappa shape index (κ3) is 3.62. The molecule has 2 aliphatic heterocycles.